The van der Waals surface area contributed by atoms with Crippen molar-refractivity contribution in [2.24, 2.45) is 7.05 Å². The number of nitrogens with zero attached hydrogens (tertiary/aromatic N) is 5. The molecule has 0 aliphatic rings. The third kappa shape index (κ3) is 2.52. The number of aromatic nitrogens is 4. The lowest BCUT2D eigenvalue weighted by molar-refractivity contribution is -0.387. The van der Waals surface area contributed by atoms with Crippen molar-refractivity contribution < 1.29 is 14.8 Å². The minimum Gasteiger partial charge on any atom is -0.478 e. The SMILES string of the molecule is Cn1nnnc1Sc1c(C(=O)O)cccc1[N+](=O)[O-]. The summed E-state index contributed by atoms with van der Waals surface area (Å²) in [5, 5.41) is 30.9. The fraction of sp³-hybridized carbons (Fsp3) is 0.111. The van der Waals surface area contributed by atoms with Crippen LogP contribution in [-0.2, 0) is 7.05 Å². The molecule has 2 aromatic rings. The van der Waals surface area contributed by atoms with Crippen molar-refractivity contribution in [2.45, 2.75) is 10.1 Å². The first-order chi connectivity index (χ1) is 9.00. The Morgan fingerprint density at radius 1 is 1.53 bits per heavy atom. The van der Waals surface area contributed by atoms with Crippen LogP contribution in [-0.4, -0.2) is 36.2 Å². The Labute approximate surface area is 110 Å². The van der Waals surface area contributed by atoms with Crippen LogP contribution in [0.2, 0.25) is 0 Å². The van der Waals surface area contributed by atoms with Gasteiger partial charge in [-0.2, -0.15) is 0 Å². The van der Waals surface area contributed by atoms with Crippen LogP contribution < -0.4 is 0 Å². The smallest absolute Gasteiger partial charge is 0.337 e. The summed E-state index contributed by atoms with van der Waals surface area (Å²) >= 11 is 0.835. The first kappa shape index (κ1) is 13.0. The molecule has 10 heteroatoms. The van der Waals surface area contributed by atoms with Gasteiger partial charge in [0.25, 0.3) is 5.69 Å². The number of carboxylic acids is 1. The second-order valence-corrected chi connectivity index (χ2v) is 4.38. The molecule has 0 unspecified atom stereocenters. The van der Waals surface area contributed by atoms with Gasteiger partial charge in [-0.05, 0) is 28.3 Å². The van der Waals surface area contributed by atoms with E-state index in [-0.39, 0.29) is 21.3 Å². The number of aryl methyl sites for hydroxylation is 1. The molecule has 0 aliphatic carbocycles. The number of hydrogen-bond donors (Lipinski definition) is 1. The third-order valence-electron chi connectivity index (χ3n) is 2.20. The molecule has 2 rings (SSSR count). The topological polar surface area (TPSA) is 124 Å². The number of nitro benzene ring substituents is 1. The van der Waals surface area contributed by atoms with E-state index in [4.69, 9.17) is 5.11 Å². The molecule has 98 valence electrons. The van der Waals surface area contributed by atoms with Gasteiger partial charge in [-0.1, -0.05) is 6.07 Å². The Balaban J connectivity index is 2.55. The van der Waals surface area contributed by atoms with Crippen LogP contribution in [0.15, 0.2) is 28.3 Å². The molecule has 1 aromatic carbocycles. The van der Waals surface area contributed by atoms with Crippen molar-refractivity contribution in [1.82, 2.24) is 20.2 Å². The van der Waals surface area contributed by atoms with Crippen LogP contribution in [0.3, 0.4) is 0 Å². The highest BCUT2D eigenvalue weighted by molar-refractivity contribution is 7.99. The molecule has 19 heavy (non-hydrogen) atoms. The van der Waals surface area contributed by atoms with Crippen molar-refractivity contribution in [1.29, 1.82) is 0 Å². The zero-order valence-electron chi connectivity index (χ0n) is 9.55. The van der Waals surface area contributed by atoms with Gasteiger partial charge >= 0.3 is 5.97 Å². The Morgan fingerprint density at radius 3 is 2.79 bits per heavy atom. The number of carbonyl (C=O) groups is 1. The zero-order valence-corrected chi connectivity index (χ0v) is 10.4. The van der Waals surface area contributed by atoms with Crippen LogP contribution in [0.4, 0.5) is 5.69 Å². The van der Waals surface area contributed by atoms with Crippen molar-refractivity contribution in [3.8, 4) is 0 Å². The summed E-state index contributed by atoms with van der Waals surface area (Å²) in [6.45, 7) is 0. The lowest BCUT2D eigenvalue weighted by Crippen LogP contribution is -2.03. The molecule has 0 radical (unpaired) electrons. The average molecular weight is 281 g/mol. The maximum Gasteiger partial charge on any atom is 0.337 e. The molecule has 0 amide bonds. The zero-order chi connectivity index (χ0) is 14.0. The second-order valence-electron chi connectivity index (χ2n) is 3.40. The predicted octanol–water partition coefficient (Wildman–Crippen LogP) is 0.968. The standard InChI is InChI=1S/C9H7N5O4S/c1-13-9(10-11-12-13)19-7-5(8(15)16)3-2-4-6(7)14(17)18/h2-4H,1H3,(H,15,16). The van der Waals surface area contributed by atoms with Gasteiger partial charge in [-0.15, -0.1) is 5.10 Å². The molecule has 0 atom stereocenters. The van der Waals surface area contributed by atoms with E-state index in [0.29, 0.717) is 0 Å². The van der Waals surface area contributed by atoms with Crippen molar-refractivity contribution in [3.63, 3.8) is 0 Å². The molecule has 0 bridgehead atoms. The number of nitro groups is 1. The largest absolute Gasteiger partial charge is 0.478 e. The maximum absolute atomic E-state index is 11.1. The second kappa shape index (κ2) is 5.02. The molecule has 9 nitrogen and oxygen atoms in total. The van der Waals surface area contributed by atoms with Crippen LogP contribution in [0.25, 0.3) is 0 Å². The predicted molar refractivity (Wildman–Crippen MR) is 63.0 cm³/mol. The van der Waals surface area contributed by atoms with Crippen LogP contribution in [0.5, 0.6) is 0 Å². The van der Waals surface area contributed by atoms with Gasteiger partial charge in [0.2, 0.25) is 5.16 Å². The molecular weight excluding hydrogens is 274 g/mol. The van der Waals surface area contributed by atoms with Crippen molar-refractivity contribution in [2.75, 3.05) is 0 Å². The summed E-state index contributed by atoms with van der Waals surface area (Å²) in [6, 6.07) is 3.85. The van der Waals surface area contributed by atoms with E-state index < -0.39 is 10.9 Å². The molecule has 1 N–H and O–H groups in total. The van der Waals surface area contributed by atoms with Crippen molar-refractivity contribution in [3.05, 3.63) is 33.9 Å². The van der Waals surface area contributed by atoms with Crippen LogP contribution in [0.1, 0.15) is 10.4 Å². The minimum absolute atomic E-state index is 0.00194. The maximum atomic E-state index is 11.1. The van der Waals surface area contributed by atoms with Gasteiger partial charge in [0.05, 0.1) is 10.5 Å². The van der Waals surface area contributed by atoms with E-state index >= 15 is 0 Å². The molecular formula is C9H7N5O4S. The fourth-order valence-electron chi connectivity index (χ4n) is 1.34. The molecule has 0 spiro atoms. The van der Waals surface area contributed by atoms with E-state index in [1.165, 1.54) is 22.9 Å². The first-order valence-corrected chi connectivity index (χ1v) is 5.73. The van der Waals surface area contributed by atoms with Gasteiger partial charge in [0.15, 0.2) is 0 Å². The van der Waals surface area contributed by atoms with Gasteiger partial charge in [0, 0.05) is 13.1 Å². The molecule has 1 aromatic heterocycles. The lowest BCUT2D eigenvalue weighted by Gasteiger charge is -2.05. The van der Waals surface area contributed by atoms with E-state index in [0.717, 1.165) is 11.8 Å². The van der Waals surface area contributed by atoms with Gasteiger partial charge in [-0.25, -0.2) is 9.48 Å². The monoisotopic (exact) mass is 281 g/mol. The summed E-state index contributed by atoms with van der Waals surface area (Å²) in [5.41, 5.74) is -0.463. The first-order valence-electron chi connectivity index (χ1n) is 4.91. The molecule has 0 fully saturated rings. The normalized spacial score (nSPS) is 10.4. The summed E-state index contributed by atoms with van der Waals surface area (Å²) in [7, 11) is 1.55. The summed E-state index contributed by atoms with van der Waals surface area (Å²) in [5.74, 6) is -1.25. The summed E-state index contributed by atoms with van der Waals surface area (Å²) in [6.07, 6.45) is 0. The summed E-state index contributed by atoms with van der Waals surface area (Å²) in [4.78, 5) is 21.4. The Morgan fingerprint density at radius 2 is 2.26 bits per heavy atom. The highest BCUT2D eigenvalue weighted by atomic mass is 32.2. The molecule has 0 aliphatic heterocycles. The van der Waals surface area contributed by atoms with Gasteiger partial charge in [-0.3, -0.25) is 10.1 Å². The quantitative estimate of drug-likeness (QED) is 0.649. The Bertz CT molecular complexity index is 624. The Kier molecular flexibility index (Phi) is 3.42. The number of carboxylic acid groups (broad SMARTS) is 1. The molecule has 1 heterocycles. The fourth-order valence-corrected chi connectivity index (χ4v) is 2.28. The Hall–Kier alpha value is -2.49. The van der Waals surface area contributed by atoms with E-state index in [9.17, 15) is 14.9 Å². The highest BCUT2D eigenvalue weighted by Gasteiger charge is 2.24. The van der Waals surface area contributed by atoms with E-state index in [1.54, 1.807) is 7.05 Å². The number of rotatable bonds is 4. The minimum atomic E-state index is -1.25. The highest BCUT2D eigenvalue weighted by Crippen LogP contribution is 2.36. The molecule has 0 saturated carbocycles. The lowest BCUT2D eigenvalue weighted by atomic mass is 10.2. The van der Waals surface area contributed by atoms with Gasteiger partial charge < -0.3 is 5.11 Å². The van der Waals surface area contributed by atoms with E-state index in [2.05, 4.69) is 15.5 Å². The van der Waals surface area contributed by atoms with Crippen molar-refractivity contribution >= 4 is 23.4 Å². The van der Waals surface area contributed by atoms with Gasteiger partial charge in [0.1, 0.15) is 4.90 Å². The number of aromatic carboxylic acids is 1. The average Bonchev–Trinajstić information content (AvgIpc) is 2.74. The number of tetrazole rings is 1. The number of hydrogen-bond acceptors (Lipinski definition) is 7. The summed E-state index contributed by atoms with van der Waals surface area (Å²) < 4.78 is 1.30. The third-order valence-corrected chi connectivity index (χ3v) is 3.36. The van der Waals surface area contributed by atoms with Crippen LogP contribution >= 0.6 is 11.8 Å². The van der Waals surface area contributed by atoms with E-state index in [1.807, 2.05) is 0 Å². The van der Waals surface area contributed by atoms with Crippen LogP contribution in [0, 0.1) is 10.1 Å². The molecule has 0 saturated heterocycles. The number of benzene rings is 1.